The van der Waals surface area contributed by atoms with E-state index in [1.165, 1.54) is 0 Å². The van der Waals surface area contributed by atoms with E-state index >= 15 is 0 Å². The molecule has 0 radical (unpaired) electrons. The number of benzene rings is 2. The van der Waals surface area contributed by atoms with Crippen molar-refractivity contribution in [3.05, 3.63) is 54.2 Å². The standard InChI is InChI=1S/C22H28N2O4/c1-24-12-10-18-19(24)5-4-6-20(18)28-15-17(25)14-23-11-9-16-7-8-21(26-2)22(13-16)27-3/h4-8,10,12-13,17,23,25H,9,11,14-15H2,1-3H3. The van der Waals surface area contributed by atoms with E-state index < -0.39 is 6.10 Å². The maximum Gasteiger partial charge on any atom is 0.160 e. The minimum atomic E-state index is -0.579. The lowest BCUT2D eigenvalue weighted by Gasteiger charge is -2.14. The molecule has 0 bridgehead atoms. The van der Waals surface area contributed by atoms with Gasteiger partial charge in [0.05, 0.1) is 19.7 Å². The van der Waals surface area contributed by atoms with Crippen LogP contribution in [0.15, 0.2) is 48.7 Å². The highest BCUT2D eigenvalue weighted by atomic mass is 16.5. The Morgan fingerprint density at radius 1 is 1.04 bits per heavy atom. The molecule has 2 aromatic carbocycles. The van der Waals surface area contributed by atoms with E-state index in [9.17, 15) is 5.11 Å². The fourth-order valence-corrected chi connectivity index (χ4v) is 3.18. The second-order valence-corrected chi connectivity index (χ2v) is 6.72. The molecular weight excluding hydrogens is 356 g/mol. The first-order valence-corrected chi connectivity index (χ1v) is 9.39. The molecule has 0 saturated heterocycles. The molecule has 0 fully saturated rings. The molecule has 0 saturated carbocycles. The number of nitrogens with one attached hydrogen (secondary N) is 1. The Morgan fingerprint density at radius 3 is 2.64 bits per heavy atom. The fourth-order valence-electron chi connectivity index (χ4n) is 3.18. The normalized spacial score (nSPS) is 12.1. The third-order valence-electron chi connectivity index (χ3n) is 4.74. The first kappa shape index (κ1) is 20.0. The molecule has 0 aliphatic rings. The van der Waals surface area contributed by atoms with Crippen molar-refractivity contribution in [1.29, 1.82) is 0 Å². The smallest absolute Gasteiger partial charge is 0.160 e. The largest absolute Gasteiger partial charge is 0.493 e. The topological polar surface area (TPSA) is 64.9 Å². The molecule has 0 aliphatic carbocycles. The van der Waals surface area contributed by atoms with Crippen LogP contribution < -0.4 is 19.5 Å². The molecule has 0 spiro atoms. The lowest BCUT2D eigenvalue weighted by molar-refractivity contribution is 0.107. The molecular formula is C22H28N2O4. The molecule has 28 heavy (non-hydrogen) atoms. The number of hydrogen-bond donors (Lipinski definition) is 2. The van der Waals surface area contributed by atoms with Crippen LogP contribution in [0, 0.1) is 0 Å². The Kier molecular flexibility index (Phi) is 6.79. The van der Waals surface area contributed by atoms with Crippen LogP contribution in [0.25, 0.3) is 10.9 Å². The predicted molar refractivity (Wildman–Crippen MR) is 111 cm³/mol. The SMILES string of the molecule is COc1ccc(CCNCC(O)COc2cccc3c2ccn3C)cc1OC. The Balaban J connectivity index is 1.43. The highest BCUT2D eigenvalue weighted by Crippen LogP contribution is 2.28. The summed E-state index contributed by atoms with van der Waals surface area (Å²) >= 11 is 0. The summed E-state index contributed by atoms with van der Waals surface area (Å²) < 4.78 is 18.5. The number of hydrogen-bond acceptors (Lipinski definition) is 5. The van der Waals surface area contributed by atoms with Gasteiger partial charge in [0.2, 0.25) is 0 Å². The van der Waals surface area contributed by atoms with E-state index in [1.54, 1.807) is 14.2 Å². The number of nitrogens with zero attached hydrogens (tertiary/aromatic N) is 1. The molecule has 1 atom stereocenters. The van der Waals surface area contributed by atoms with E-state index in [-0.39, 0.29) is 6.61 Å². The molecule has 6 heteroatoms. The zero-order valence-electron chi connectivity index (χ0n) is 16.6. The van der Waals surface area contributed by atoms with Gasteiger partial charge in [0, 0.05) is 25.2 Å². The van der Waals surface area contributed by atoms with Crippen LogP contribution in [0.5, 0.6) is 17.2 Å². The molecule has 6 nitrogen and oxygen atoms in total. The van der Waals surface area contributed by atoms with Gasteiger partial charge in [0.15, 0.2) is 11.5 Å². The van der Waals surface area contributed by atoms with Crippen molar-refractivity contribution in [3.63, 3.8) is 0 Å². The minimum Gasteiger partial charge on any atom is -0.493 e. The summed E-state index contributed by atoms with van der Waals surface area (Å²) in [6.07, 6.45) is 2.25. The van der Waals surface area contributed by atoms with Crippen LogP contribution >= 0.6 is 0 Å². The minimum absolute atomic E-state index is 0.247. The number of ether oxygens (including phenoxy) is 3. The number of rotatable bonds is 10. The van der Waals surface area contributed by atoms with Crippen LogP contribution in [0.4, 0.5) is 0 Å². The van der Waals surface area contributed by atoms with Gasteiger partial charge in [0.1, 0.15) is 18.5 Å². The van der Waals surface area contributed by atoms with Gasteiger partial charge in [0.25, 0.3) is 0 Å². The fraction of sp³-hybridized carbons (Fsp3) is 0.364. The Bertz CT molecular complexity index is 907. The molecule has 1 heterocycles. The Labute approximate surface area is 165 Å². The lowest BCUT2D eigenvalue weighted by Crippen LogP contribution is -2.32. The first-order valence-electron chi connectivity index (χ1n) is 9.39. The number of fused-ring (bicyclic) bond motifs is 1. The van der Waals surface area contributed by atoms with Gasteiger partial charge in [-0.3, -0.25) is 0 Å². The highest BCUT2D eigenvalue weighted by Gasteiger charge is 2.09. The van der Waals surface area contributed by atoms with Gasteiger partial charge in [-0.15, -0.1) is 0 Å². The average Bonchev–Trinajstić information content (AvgIpc) is 3.11. The second-order valence-electron chi connectivity index (χ2n) is 6.72. The summed E-state index contributed by atoms with van der Waals surface area (Å²) in [6, 6.07) is 13.9. The summed E-state index contributed by atoms with van der Waals surface area (Å²) in [6.45, 7) is 1.47. The van der Waals surface area contributed by atoms with Gasteiger partial charge in [-0.2, -0.15) is 0 Å². The van der Waals surface area contributed by atoms with Crippen molar-refractivity contribution >= 4 is 10.9 Å². The molecule has 1 unspecified atom stereocenters. The maximum atomic E-state index is 10.2. The summed E-state index contributed by atoms with van der Waals surface area (Å²) in [4.78, 5) is 0. The zero-order valence-corrected chi connectivity index (χ0v) is 16.6. The van der Waals surface area contributed by atoms with Crippen molar-refractivity contribution in [3.8, 4) is 17.2 Å². The van der Waals surface area contributed by atoms with Gasteiger partial charge in [-0.25, -0.2) is 0 Å². The van der Waals surface area contributed by atoms with E-state index in [2.05, 4.69) is 5.32 Å². The van der Waals surface area contributed by atoms with Gasteiger partial charge < -0.3 is 29.2 Å². The van der Waals surface area contributed by atoms with E-state index in [0.717, 1.165) is 46.7 Å². The molecule has 3 aromatic rings. The maximum absolute atomic E-state index is 10.2. The molecule has 0 aliphatic heterocycles. The van der Waals surface area contributed by atoms with Crippen molar-refractivity contribution in [2.75, 3.05) is 33.9 Å². The number of methoxy groups -OCH3 is 2. The lowest BCUT2D eigenvalue weighted by atomic mass is 10.1. The van der Waals surface area contributed by atoms with Crippen molar-refractivity contribution < 1.29 is 19.3 Å². The van der Waals surface area contributed by atoms with Crippen molar-refractivity contribution in [2.24, 2.45) is 7.05 Å². The predicted octanol–water partition coefficient (Wildman–Crippen LogP) is 2.77. The Hall–Kier alpha value is -2.70. The van der Waals surface area contributed by atoms with E-state index in [1.807, 2.05) is 60.3 Å². The van der Waals surface area contributed by atoms with Crippen LogP contribution in [-0.2, 0) is 13.5 Å². The molecule has 0 amide bonds. The van der Waals surface area contributed by atoms with Crippen LogP contribution in [0.2, 0.25) is 0 Å². The summed E-state index contributed by atoms with van der Waals surface area (Å²) in [5.74, 6) is 2.24. The van der Waals surface area contributed by atoms with Crippen molar-refractivity contribution in [1.82, 2.24) is 9.88 Å². The molecule has 3 rings (SSSR count). The molecule has 150 valence electrons. The zero-order chi connectivity index (χ0) is 19.9. The average molecular weight is 384 g/mol. The number of aliphatic hydroxyl groups is 1. The summed E-state index contributed by atoms with van der Waals surface area (Å²) in [5.41, 5.74) is 2.26. The summed E-state index contributed by atoms with van der Waals surface area (Å²) in [7, 11) is 5.26. The molecule has 2 N–H and O–H groups in total. The van der Waals surface area contributed by atoms with Crippen LogP contribution in [0.1, 0.15) is 5.56 Å². The second kappa shape index (κ2) is 9.48. The number of aromatic nitrogens is 1. The van der Waals surface area contributed by atoms with Gasteiger partial charge in [-0.1, -0.05) is 12.1 Å². The summed E-state index contributed by atoms with van der Waals surface area (Å²) in [5, 5.41) is 14.5. The highest BCUT2D eigenvalue weighted by molar-refractivity contribution is 5.86. The quantitative estimate of drug-likeness (QED) is 0.526. The third-order valence-corrected chi connectivity index (χ3v) is 4.74. The Morgan fingerprint density at radius 2 is 1.86 bits per heavy atom. The van der Waals surface area contributed by atoms with E-state index in [4.69, 9.17) is 14.2 Å². The van der Waals surface area contributed by atoms with Crippen LogP contribution in [0.3, 0.4) is 0 Å². The van der Waals surface area contributed by atoms with Gasteiger partial charge >= 0.3 is 0 Å². The van der Waals surface area contributed by atoms with Gasteiger partial charge in [-0.05, 0) is 48.9 Å². The van der Waals surface area contributed by atoms with Crippen molar-refractivity contribution in [2.45, 2.75) is 12.5 Å². The van der Waals surface area contributed by atoms with Crippen LogP contribution in [-0.4, -0.2) is 49.7 Å². The number of aryl methyl sites for hydroxylation is 1. The monoisotopic (exact) mass is 384 g/mol. The van der Waals surface area contributed by atoms with E-state index in [0.29, 0.717) is 6.54 Å². The third kappa shape index (κ3) is 4.77. The number of aliphatic hydroxyl groups excluding tert-OH is 1. The molecule has 1 aromatic heterocycles. The first-order chi connectivity index (χ1) is 13.6.